The van der Waals surface area contributed by atoms with Gasteiger partial charge in [0.25, 0.3) is 0 Å². The van der Waals surface area contributed by atoms with Crippen molar-refractivity contribution in [2.75, 3.05) is 17.2 Å². The summed E-state index contributed by atoms with van der Waals surface area (Å²) in [6.45, 7) is 3.30. The summed E-state index contributed by atoms with van der Waals surface area (Å²) in [7, 11) is 0. The molecule has 1 saturated carbocycles. The normalized spacial score (nSPS) is 25.6. The Morgan fingerprint density at radius 3 is 2.82 bits per heavy atom. The van der Waals surface area contributed by atoms with Gasteiger partial charge in [0.2, 0.25) is 0 Å². The van der Waals surface area contributed by atoms with Gasteiger partial charge in [-0.1, -0.05) is 57.0 Å². The summed E-state index contributed by atoms with van der Waals surface area (Å²) in [5.74, 6) is 1.06. The number of hydrogen-bond donors (Lipinski definition) is 4. The van der Waals surface area contributed by atoms with Crippen LogP contribution >= 0.6 is 12.2 Å². The summed E-state index contributed by atoms with van der Waals surface area (Å²) in [4.78, 5) is 0.869. The molecule has 2 aromatic rings. The van der Waals surface area contributed by atoms with Crippen LogP contribution < -0.4 is 16.0 Å². The van der Waals surface area contributed by atoms with Crippen molar-refractivity contribution in [1.29, 1.82) is 0 Å². The Hall–Kier alpha value is -2.11. The van der Waals surface area contributed by atoms with Gasteiger partial charge in [-0.2, -0.15) is 0 Å². The summed E-state index contributed by atoms with van der Waals surface area (Å²) in [5.41, 5.74) is 5.74. The van der Waals surface area contributed by atoms with E-state index < -0.39 is 0 Å². The number of nitrogens with one attached hydrogen (secondary N) is 3. The van der Waals surface area contributed by atoms with Crippen molar-refractivity contribution in [3.05, 3.63) is 47.5 Å². The molecule has 2 bridgehead atoms. The van der Waals surface area contributed by atoms with Crippen LogP contribution in [0.1, 0.15) is 75.8 Å². The van der Waals surface area contributed by atoms with Gasteiger partial charge in [-0.05, 0) is 86.4 Å². The molecule has 0 aromatic heterocycles. The van der Waals surface area contributed by atoms with Crippen LogP contribution in [0.4, 0.5) is 17.1 Å². The van der Waals surface area contributed by atoms with E-state index in [1.165, 1.54) is 56.1 Å². The molecule has 3 aliphatic rings. The Bertz CT molecular complexity index is 1020. The van der Waals surface area contributed by atoms with Crippen LogP contribution in [0.3, 0.4) is 0 Å². The summed E-state index contributed by atoms with van der Waals surface area (Å²) in [6, 6.07) is 13.0. The number of aromatic hydroxyl groups is 1. The first-order valence-electron chi connectivity index (χ1n) is 12.9. The molecule has 2 aliphatic carbocycles. The first-order chi connectivity index (χ1) is 16.1. The Kier molecular flexibility index (Phi) is 6.62. The zero-order valence-electron chi connectivity index (χ0n) is 19.8. The maximum atomic E-state index is 11.1. The summed E-state index contributed by atoms with van der Waals surface area (Å²) >= 11 is 5.58. The summed E-state index contributed by atoms with van der Waals surface area (Å²) < 4.78 is 0. The molecule has 5 heteroatoms. The molecule has 1 saturated heterocycles. The lowest BCUT2D eigenvalue weighted by molar-refractivity contribution is 0.0796. The van der Waals surface area contributed by atoms with Gasteiger partial charge in [-0.15, -0.1) is 0 Å². The topological polar surface area (TPSA) is 56.3 Å². The second-order valence-corrected chi connectivity index (χ2v) is 10.7. The molecule has 3 atom stereocenters. The van der Waals surface area contributed by atoms with Crippen molar-refractivity contribution in [3.63, 3.8) is 0 Å². The smallest absolute Gasteiger partial charge is 0.139 e. The fraction of sp³-hybridized carbons (Fsp3) is 0.536. The molecule has 33 heavy (non-hydrogen) atoms. The summed E-state index contributed by atoms with van der Waals surface area (Å²) in [6.07, 6.45) is 11.9. The van der Waals surface area contributed by atoms with Crippen molar-refractivity contribution in [1.82, 2.24) is 5.32 Å². The number of hydrogen-bond acceptors (Lipinski definition) is 4. The molecule has 4 nitrogen and oxygen atoms in total. The van der Waals surface area contributed by atoms with Crippen molar-refractivity contribution >= 4 is 34.3 Å². The molecule has 0 unspecified atom stereocenters. The van der Waals surface area contributed by atoms with E-state index in [0.29, 0.717) is 17.7 Å². The highest BCUT2D eigenvalue weighted by molar-refractivity contribution is 7.80. The first-order valence-corrected chi connectivity index (χ1v) is 13.3. The fourth-order valence-electron chi connectivity index (χ4n) is 6.67. The van der Waals surface area contributed by atoms with Crippen LogP contribution in [0.15, 0.2) is 36.4 Å². The molecule has 0 radical (unpaired) electrons. The average molecular weight is 464 g/mol. The van der Waals surface area contributed by atoms with Crippen molar-refractivity contribution in [2.45, 2.75) is 82.6 Å². The molecule has 1 aliphatic heterocycles. The minimum atomic E-state index is 0.252. The predicted molar refractivity (Wildman–Crippen MR) is 142 cm³/mol. The number of phenols is 1. The number of anilines is 3. The molecule has 5 rings (SSSR count). The SMILES string of the molecule is CCCCCC(=S)Nc1ccccc1Nc1cc2c(cc1O)[C@]13CCCC[C@@H]1[C@H](C2)NCC3. The number of benzene rings is 2. The third-order valence-electron chi connectivity index (χ3n) is 8.24. The van der Waals surface area contributed by atoms with Gasteiger partial charge in [-0.3, -0.25) is 0 Å². The lowest BCUT2D eigenvalue weighted by Crippen LogP contribution is -2.59. The second kappa shape index (κ2) is 9.63. The third-order valence-corrected chi connectivity index (χ3v) is 8.54. The maximum Gasteiger partial charge on any atom is 0.139 e. The highest BCUT2D eigenvalue weighted by Crippen LogP contribution is 2.55. The molecule has 2 aromatic carbocycles. The lowest BCUT2D eigenvalue weighted by atomic mass is 9.53. The highest BCUT2D eigenvalue weighted by atomic mass is 32.1. The Balaban J connectivity index is 1.41. The van der Waals surface area contributed by atoms with Gasteiger partial charge < -0.3 is 21.1 Å². The standard InChI is InChI=1S/C28H37N3OS/c1-2-3-4-12-27(33)31-23-11-6-5-10-22(23)30-25-17-19-16-24-20-9-7-8-13-28(20,14-15-29-24)21(19)18-26(25)32/h5-6,10-11,17-18,20,24,29-30,32H,2-4,7-9,12-16H2,1H3,(H,31,33)/t20-,24+,28+/m1/s1. The summed E-state index contributed by atoms with van der Waals surface area (Å²) in [5, 5.41) is 21.8. The lowest BCUT2D eigenvalue weighted by Gasteiger charge is -2.56. The molecular weight excluding hydrogens is 426 g/mol. The zero-order chi connectivity index (χ0) is 22.8. The highest BCUT2D eigenvalue weighted by Gasteiger charge is 2.51. The van der Waals surface area contributed by atoms with E-state index in [2.05, 4.69) is 35.0 Å². The van der Waals surface area contributed by atoms with Gasteiger partial charge in [0.05, 0.1) is 22.1 Å². The molecule has 0 amide bonds. The van der Waals surface area contributed by atoms with Gasteiger partial charge in [0.1, 0.15) is 5.75 Å². The van der Waals surface area contributed by atoms with Crippen LogP contribution in [0.25, 0.3) is 0 Å². The molecule has 1 heterocycles. The largest absolute Gasteiger partial charge is 0.506 e. The molecule has 2 fully saturated rings. The van der Waals surface area contributed by atoms with Crippen LogP contribution in [-0.2, 0) is 11.8 Å². The Morgan fingerprint density at radius 2 is 1.97 bits per heavy atom. The number of piperidine rings is 1. The third kappa shape index (κ3) is 4.38. The van der Waals surface area contributed by atoms with Crippen molar-refractivity contribution in [3.8, 4) is 5.75 Å². The van der Waals surface area contributed by atoms with E-state index in [-0.39, 0.29) is 5.41 Å². The average Bonchev–Trinajstić information content (AvgIpc) is 2.82. The minimum absolute atomic E-state index is 0.252. The van der Waals surface area contributed by atoms with Crippen LogP contribution in [-0.4, -0.2) is 22.7 Å². The number of rotatable bonds is 7. The van der Waals surface area contributed by atoms with E-state index in [0.717, 1.165) is 47.9 Å². The van der Waals surface area contributed by atoms with Gasteiger partial charge in [0.15, 0.2) is 0 Å². The van der Waals surface area contributed by atoms with E-state index in [9.17, 15) is 5.11 Å². The number of unbranched alkanes of at least 4 members (excludes halogenated alkanes) is 2. The number of phenolic OH excluding ortho intramolecular Hbond substituents is 1. The molecule has 4 N–H and O–H groups in total. The molecule has 0 spiro atoms. The van der Waals surface area contributed by atoms with E-state index in [1.54, 1.807) is 0 Å². The Morgan fingerprint density at radius 1 is 1.12 bits per heavy atom. The Labute approximate surface area is 203 Å². The van der Waals surface area contributed by atoms with Crippen molar-refractivity contribution in [2.24, 2.45) is 5.92 Å². The predicted octanol–water partition coefficient (Wildman–Crippen LogP) is 6.80. The van der Waals surface area contributed by atoms with Gasteiger partial charge >= 0.3 is 0 Å². The number of para-hydroxylation sites is 2. The van der Waals surface area contributed by atoms with Gasteiger partial charge in [0, 0.05) is 11.5 Å². The minimum Gasteiger partial charge on any atom is -0.506 e. The quantitative estimate of drug-likeness (QED) is 0.207. The first kappa shape index (κ1) is 22.7. The fourth-order valence-corrected chi connectivity index (χ4v) is 6.92. The van der Waals surface area contributed by atoms with Crippen molar-refractivity contribution < 1.29 is 5.11 Å². The molecular formula is C28H37N3OS. The second-order valence-electron chi connectivity index (χ2n) is 10.2. The zero-order valence-corrected chi connectivity index (χ0v) is 20.6. The van der Waals surface area contributed by atoms with Crippen LogP contribution in [0, 0.1) is 5.92 Å². The monoisotopic (exact) mass is 463 g/mol. The molecule has 176 valence electrons. The number of thiocarbonyl (C=S) groups is 1. The van der Waals surface area contributed by atoms with E-state index in [1.807, 2.05) is 24.3 Å². The van der Waals surface area contributed by atoms with Crippen LogP contribution in [0.5, 0.6) is 5.75 Å². The number of fused-ring (bicyclic) bond motifs is 1. The van der Waals surface area contributed by atoms with Crippen LogP contribution in [0.2, 0.25) is 0 Å². The van der Waals surface area contributed by atoms with E-state index in [4.69, 9.17) is 12.2 Å². The van der Waals surface area contributed by atoms with E-state index >= 15 is 0 Å². The maximum absolute atomic E-state index is 11.1. The van der Waals surface area contributed by atoms with Gasteiger partial charge in [-0.25, -0.2) is 0 Å².